The van der Waals surface area contributed by atoms with Gasteiger partial charge < -0.3 is 15.9 Å². The van der Waals surface area contributed by atoms with E-state index in [1.807, 2.05) is 0 Å². The van der Waals surface area contributed by atoms with Crippen molar-refractivity contribution in [2.24, 2.45) is 11.7 Å². The molecule has 0 aliphatic carbocycles. The Hall–Kier alpha value is -0.360. The molecule has 0 aliphatic heterocycles. The Morgan fingerprint density at radius 2 is 1.64 bits per heavy atom. The zero-order chi connectivity index (χ0) is 11.0. The summed E-state index contributed by atoms with van der Waals surface area (Å²) in [5, 5.41) is 15.8. The van der Waals surface area contributed by atoms with Crippen molar-refractivity contribution in [3.63, 3.8) is 0 Å². The summed E-state index contributed by atoms with van der Waals surface area (Å²) >= 11 is 0. The fourth-order valence-electron chi connectivity index (χ4n) is 0.285. The molecule has 0 spiro atoms. The average molecular weight is 213 g/mol. The van der Waals surface area contributed by atoms with E-state index in [-0.39, 0.29) is 35.5 Å². The normalized spacial score (nSPS) is 10.3. The van der Waals surface area contributed by atoms with Crippen LogP contribution in [0.2, 0.25) is 0 Å². The molecular weight excluding hydrogens is 197 g/mol. The van der Waals surface area contributed by atoms with Crippen LogP contribution in [0.15, 0.2) is 12.7 Å². The maximum atomic E-state index is 10.0. The molecule has 0 saturated heterocycles. The van der Waals surface area contributed by atoms with Crippen molar-refractivity contribution in [1.29, 1.82) is 0 Å². The molecule has 0 aromatic carbocycles. The second-order valence-corrected chi connectivity index (χ2v) is 2.65. The first-order chi connectivity index (χ1) is 5.82. The Kier molecular flexibility index (Phi) is 14.7. The van der Waals surface area contributed by atoms with Gasteiger partial charge in [-0.1, -0.05) is 20.4 Å². The van der Waals surface area contributed by atoms with E-state index < -0.39 is 18.0 Å². The molecule has 0 heterocycles. The molecule has 0 bridgehead atoms. The molecule has 0 aromatic rings. The van der Waals surface area contributed by atoms with Crippen LogP contribution in [0.3, 0.4) is 0 Å². The van der Waals surface area contributed by atoms with Crippen LogP contribution in [0.5, 0.6) is 0 Å². The van der Waals surface area contributed by atoms with E-state index >= 15 is 0 Å². The van der Waals surface area contributed by atoms with Crippen LogP contribution in [0.1, 0.15) is 13.8 Å². The summed E-state index contributed by atoms with van der Waals surface area (Å²) in [5.41, 5.74) is 5.16. The van der Waals surface area contributed by atoms with Crippen molar-refractivity contribution >= 4 is 41.5 Å². The predicted octanol–water partition coefficient (Wildman–Crippen LogP) is -0.337. The second-order valence-electron chi connectivity index (χ2n) is 2.65. The number of carbonyl (C=O) groups is 2. The predicted molar refractivity (Wildman–Crippen MR) is 55.4 cm³/mol. The first-order valence-corrected chi connectivity index (χ1v) is 3.66. The van der Waals surface area contributed by atoms with Crippen LogP contribution < -0.4 is 5.73 Å². The Morgan fingerprint density at radius 1 is 1.36 bits per heavy atom. The SMILES string of the molecule is C=CC(=O)O.CC(C)[C@H](N)C(=O)O.[NaH]. The van der Waals surface area contributed by atoms with E-state index in [4.69, 9.17) is 15.9 Å². The minimum atomic E-state index is -0.981. The van der Waals surface area contributed by atoms with Gasteiger partial charge in [-0.15, -0.1) is 0 Å². The molecule has 78 valence electrons. The van der Waals surface area contributed by atoms with E-state index in [2.05, 4.69) is 6.58 Å². The van der Waals surface area contributed by atoms with Gasteiger partial charge in [0, 0.05) is 6.08 Å². The quantitative estimate of drug-likeness (QED) is 0.440. The van der Waals surface area contributed by atoms with E-state index in [0.717, 1.165) is 6.08 Å². The summed E-state index contributed by atoms with van der Waals surface area (Å²) < 4.78 is 0. The minimum absolute atomic E-state index is 0. The molecule has 0 radical (unpaired) electrons. The van der Waals surface area contributed by atoms with Gasteiger partial charge in [-0.3, -0.25) is 4.79 Å². The number of hydrogen-bond acceptors (Lipinski definition) is 3. The van der Waals surface area contributed by atoms with E-state index in [1.165, 1.54) is 0 Å². The van der Waals surface area contributed by atoms with Crippen LogP contribution in [-0.4, -0.2) is 57.8 Å². The molecule has 0 amide bonds. The molecule has 14 heavy (non-hydrogen) atoms. The third-order valence-corrected chi connectivity index (χ3v) is 1.18. The fraction of sp³-hybridized carbons (Fsp3) is 0.500. The van der Waals surface area contributed by atoms with Crippen molar-refractivity contribution < 1.29 is 19.8 Å². The molecule has 0 saturated carbocycles. The van der Waals surface area contributed by atoms with Gasteiger partial charge in [-0.2, -0.15) is 0 Å². The molecule has 5 nitrogen and oxygen atoms in total. The third-order valence-electron chi connectivity index (χ3n) is 1.18. The van der Waals surface area contributed by atoms with Gasteiger partial charge in [0.05, 0.1) is 0 Å². The van der Waals surface area contributed by atoms with Gasteiger partial charge >= 0.3 is 41.5 Å². The molecule has 0 unspecified atom stereocenters. The monoisotopic (exact) mass is 213 g/mol. The van der Waals surface area contributed by atoms with Gasteiger partial charge in [-0.05, 0) is 5.92 Å². The number of rotatable bonds is 3. The van der Waals surface area contributed by atoms with Crippen LogP contribution in [0, 0.1) is 5.92 Å². The Balaban J connectivity index is -0.000000177. The fourth-order valence-corrected chi connectivity index (χ4v) is 0.285. The van der Waals surface area contributed by atoms with Gasteiger partial charge in [-0.25, -0.2) is 4.79 Å². The summed E-state index contributed by atoms with van der Waals surface area (Å²) in [4.78, 5) is 19.3. The summed E-state index contributed by atoms with van der Waals surface area (Å²) in [6, 6.07) is -0.713. The van der Waals surface area contributed by atoms with E-state index in [0.29, 0.717) is 0 Å². The average Bonchev–Trinajstić information content (AvgIpc) is 2.03. The topological polar surface area (TPSA) is 101 Å². The third kappa shape index (κ3) is 14.2. The maximum absolute atomic E-state index is 10.0. The van der Waals surface area contributed by atoms with Crippen molar-refractivity contribution in [2.75, 3.05) is 0 Å². The van der Waals surface area contributed by atoms with Crippen LogP contribution in [-0.2, 0) is 9.59 Å². The summed E-state index contributed by atoms with van der Waals surface area (Å²) in [7, 11) is 0. The zero-order valence-corrected chi connectivity index (χ0v) is 7.73. The Bertz CT molecular complexity index is 194. The molecule has 0 aliphatic rings. The van der Waals surface area contributed by atoms with Crippen molar-refractivity contribution in [3.05, 3.63) is 12.7 Å². The van der Waals surface area contributed by atoms with Gasteiger partial charge in [0.1, 0.15) is 6.04 Å². The van der Waals surface area contributed by atoms with Crippen molar-refractivity contribution in [2.45, 2.75) is 19.9 Å². The molecule has 0 rings (SSSR count). The number of carboxylic acid groups (broad SMARTS) is 2. The van der Waals surface area contributed by atoms with E-state index in [1.54, 1.807) is 13.8 Å². The summed E-state index contributed by atoms with van der Waals surface area (Å²) in [6.07, 6.45) is 0.833. The first kappa shape index (κ1) is 19.2. The Morgan fingerprint density at radius 3 is 1.64 bits per heavy atom. The standard InChI is InChI=1S/C5H11NO2.C3H4O2.Na.H/c1-3(2)4(6)5(7)8;1-2-3(4)5;;/h3-4H,6H2,1-2H3,(H,7,8);2H,1H2,(H,4,5);;/t4-;;;/m0.../s1. The summed E-state index contributed by atoms with van der Waals surface area (Å²) in [6.45, 7) is 6.51. The number of hydrogen-bond donors (Lipinski definition) is 3. The zero-order valence-electron chi connectivity index (χ0n) is 7.73. The molecule has 1 atom stereocenters. The van der Waals surface area contributed by atoms with Gasteiger partial charge in [0.2, 0.25) is 0 Å². The van der Waals surface area contributed by atoms with E-state index in [9.17, 15) is 9.59 Å². The van der Waals surface area contributed by atoms with Crippen LogP contribution in [0.25, 0.3) is 0 Å². The molecular formula is C8H16NNaO4. The van der Waals surface area contributed by atoms with Gasteiger partial charge in [0.25, 0.3) is 0 Å². The van der Waals surface area contributed by atoms with Crippen LogP contribution in [0.4, 0.5) is 0 Å². The number of carboxylic acids is 2. The number of nitrogens with two attached hydrogens (primary N) is 1. The van der Waals surface area contributed by atoms with Crippen molar-refractivity contribution in [3.8, 4) is 0 Å². The molecule has 4 N–H and O–H groups in total. The molecule has 6 heteroatoms. The van der Waals surface area contributed by atoms with Crippen LogP contribution >= 0.6 is 0 Å². The Labute approximate surface area is 105 Å². The number of aliphatic carboxylic acids is 2. The molecule has 0 fully saturated rings. The van der Waals surface area contributed by atoms with Crippen molar-refractivity contribution in [1.82, 2.24) is 0 Å². The summed E-state index contributed by atoms with van der Waals surface area (Å²) in [5.74, 6) is -1.89. The second kappa shape index (κ2) is 10.7. The van der Waals surface area contributed by atoms with Gasteiger partial charge in [0.15, 0.2) is 0 Å². The molecule has 0 aromatic heterocycles. The first-order valence-electron chi connectivity index (χ1n) is 3.66.